The van der Waals surface area contributed by atoms with E-state index in [2.05, 4.69) is 4.72 Å². The minimum atomic E-state index is -3.80. The highest BCUT2D eigenvalue weighted by atomic mass is 32.2. The summed E-state index contributed by atoms with van der Waals surface area (Å²) in [5.41, 5.74) is 7.56. The fraction of sp³-hybridized carbons (Fsp3) is 0.200. The second kappa shape index (κ2) is 5.13. The Morgan fingerprint density at radius 2 is 1.95 bits per heavy atom. The number of sulfonamides is 1. The molecule has 21 heavy (non-hydrogen) atoms. The molecule has 6 heteroatoms. The lowest BCUT2D eigenvalue weighted by molar-refractivity contribution is 0.551. The van der Waals surface area contributed by atoms with Crippen molar-refractivity contribution in [2.75, 3.05) is 12.3 Å². The Labute approximate surface area is 122 Å². The van der Waals surface area contributed by atoms with Crippen LogP contribution < -0.4 is 10.5 Å². The van der Waals surface area contributed by atoms with E-state index in [-0.39, 0.29) is 23.0 Å². The minimum absolute atomic E-state index is 0.158. The van der Waals surface area contributed by atoms with E-state index < -0.39 is 15.8 Å². The molecule has 3 rings (SSSR count). The third kappa shape index (κ3) is 2.52. The molecule has 0 spiro atoms. The van der Waals surface area contributed by atoms with Crippen LogP contribution in [0.15, 0.2) is 47.4 Å². The van der Waals surface area contributed by atoms with Crippen LogP contribution in [0, 0.1) is 5.82 Å². The van der Waals surface area contributed by atoms with Crippen molar-refractivity contribution >= 4 is 15.7 Å². The van der Waals surface area contributed by atoms with Crippen molar-refractivity contribution in [3.8, 4) is 0 Å². The summed E-state index contributed by atoms with van der Waals surface area (Å²) < 4.78 is 40.3. The van der Waals surface area contributed by atoms with E-state index >= 15 is 0 Å². The minimum Gasteiger partial charge on any atom is -0.395 e. The SMILES string of the molecule is Nc1c(F)cccc1S(=O)(=O)NCC1Cc2ccccc21. The van der Waals surface area contributed by atoms with Gasteiger partial charge in [-0.05, 0) is 29.7 Å². The van der Waals surface area contributed by atoms with Crippen LogP contribution in [0.25, 0.3) is 0 Å². The van der Waals surface area contributed by atoms with Gasteiger partial charge in [-0.2, -0.15) is 0 Å². The number of halogens is 1. The molecule has 0 bridgehead atoms. The molecule has 1 unspecified atom stereocenters. The van der Waals surface area contributed by atoms with Gasteiger partial charge < -0.3 is 5.73 Å². The topological polar surface area (TPSA) is 72.2 Å². The van der Waals surface area contributed by atoms with Crippen LogP contribution in [-0.2, 0) is 16.4 Å². The molecule has 1 aliphatic carbocycles. The van der Waals surface area contributed by atoms with Crippen molar-refractivity contribution in [3.05, 3.63) is 59.4 Å². The molecule has 110 valence electrons. The van der Waals surface area contributed by atoms with E-state index in [9.17, 15) is 12.8 Å². The highest BCUT2D eigenvalue weighted by Gasteiger charge is 2.27. The number of nitrogen functional groups attached to an aromatic ring is 1. The number of hydrogen-bond donors (Lipinski definition) is 2. The first-order chi connectivity index (χ1) is 9.99. The predicted molar refractivity (Wildman–Crippen MR) is 78.9 cm³/mol. The lowest BCUT2D eigenvalue weighted by Gasteiger charge is -2.30. The summed E-state index contributed by atoms with van der Waals surface area (Å²) in [5.74, 6) is -0.572. The first kappa shape index (κ1) is 14.0. The molecule has 1 atom stereocenters. The second-order valence-electron chi connectivity index (χ2n) is 5.10. The standard InChI is InChI=1S/C15H15FN2O2S/c16-13-6-3-7-14(15(13)17)21(19,20)18-9-11-8-10-4-1-2-5-12(10)11/h1-7,11,18H,8-9,17H2. The molecule has 0 aromatic heterocycles. The van der Waals surface area contributed by atoms with E-state index in [1.807, 2.05) is 24.3 Å². The number of fused-ring (bicyclic) bond motifs is 1. The lowest BCUT2D eigenvalue weighted by Crippen LogP contribution is -2.33. The summed E-state index contributed by atoms with van der Waals surface area (Å²) >= 11 is 0. The Morgan fingerprint density at radius 1 is 1.19 bits per heavy atom. The number of nitrogens with two attached hydrogens (primary N) is 1. The zero-order chi connectivity index (χ0) is 15.0. The maximum absolute atomic E-state index is 13.4. The van der Waals surface area contributed by atoms with Crippen LogP contribution in [0.2, 0.25) is 0 Å². The van der Waals surface area contributed by atoms with E-state index in [1.54, 1.807) is 0 Å². The molecular formula is C15H15FN2O2S. The van der Waals surface area contributed by atoms with Crippen molar-refractivity contribution in [3.63, 3.8) is 0 Å². The number of anilines is 1. The highest BCUT2D eigenvalue weighted by Crippen LogP contribution is 2.34. The first-order valence-electron chi connectivity index (χ1n) is 6.60. The van der Waals surface area contributed by atoms with Crippen molar-refractivity contribution < 1.29 is 12.8 Å². The molecule has 4 nitrogen and oxygen atoms in total. The van der Waals surface area contributed by atoms with Crippen LogP contribution in [0.4, 0.5) is 10.1 Å². The van der Waals surface area contributed by atoms with Gasteiger partial charge in [-0.1, -0.05) is 30.3 Å². The van der Waals surface area contributed by atoms with Crippen molar-refractivity contribution in [1.29, 1.82) is 0 Å². The van der Waals surface area contributed by atoms with Gasteiger partial charge >= 0.3 is 0 Å². The van der Waals surface area contributed by atoms with Gasteiger partial charge in [-0.3, -0.25) is 0 Å². The van der Waals surface area contributed by atoms with Gasteiger partial charge in [0.05, 0.1) is 5.69 Å². The van der Waals surface area contributed by atoms with E-state index in [0.717, 1.165) is 18.1 Å². The smallest absolute Gasteiger partial charge is 0.242 e. The van der Waals surface area contributed by atoms with Crippen molar-refractivity contribution in [2.24, 2.45) is 0 Å². The lowest BCUT2D eigenvalue weighted by atomic mass is 9.78. The average molecular weight is 306 g/mol. The maximum atomic E-state index is 13.4. The van der Waals surface area contributed by atoms with Gasteiger partial charge in [0.1, 0.15) is 10.7 Å². The zero-order valence-electron chi connectivity index (χ0n) is 11.2. The molecule has 0 radical (unpaired) electrons. The third-order valence-electron chi connectivity index (χ3n) is 3.78. The van der Waals surface area contributed by atoms with Crippen LogP contribution in [0.1, 0.15) is 17.0 Å². The Hall–Kier alpha value is -1.92. The monoisotopic (exact) mass is 306 g/mol. The number of rotatable bonds is 4. The molecule has 0 fully saturated rings. The Morgan fingerprint density at radius 3 is 2.71 bits per heavy atom. The van der Waals surface area contributed by atoms with Gasteiger partial charge in [0.25, 0.3) is 0 Å². The number of para-hydroxylation sites is 1. The van der Waals surface area contributed by atoms with Crippen molar-refractivity contribution in [1.82, 2.24) is 4.72 Å². The van der Waals surface area contributed by atoms with E-state index in [4.69, 9.17) is 5.73 Å². The Kier molecular flexibility index (Phi) is 3.43. The highest BCUT2D eigenvalue weighted by molar-refractivity contribution is 7.89. The molecule has 3 N–H and O–H groups in total. The molecule has 2 aromatic rings. The zero-order valence-corrected chi connectivity index (χ0v) is 12.0. The number of benzene rings is 2. The summed E-state index contributed by atoms with van der Waals surface area (Å²) in [6, 6.07) is 11.7. The van der Waals surface area contributed by atoms with E-state index in [1.165, 1.54) is 17.7 Å². The van der Waals surface area contributed by atoms with Gasteiger partial charge in [-0.15, -0.1) is 0 Å². The van der Waals surface area contributed by atoms with Crippen LogP contribution >= 0.6 is 0 Å². The number of nitrogens with one attached hydrogen (secondary N) is 1. The summed E-state index contributed by atoms with van der Waals surface area (Å²) in [5, 5.41) is 0. The molecule has 0 aliphatic heterocycles. The van der Waals surface area contributed by atoms with Crippen LogP contribution in [-0.4, -0.2) is 15.0 Å². The normalized spacial score (nSPS) is 17.1. The fourth-order valence-electron chi connectivity index (χ4n) is 2.58. The third-order valence-corrected chi connectivity index (χ3v) is 5.27. The fourth-order valence-corrected chi connectivity index (χ4v) is 3.81. The summed E-state index contributed by atoms with van der Waals surface area (Å²) in [6.45, 7) is 0.287. The van der Waals surface area contributed by atoms with Gasteiger partial charge in [0.15, 0.2) is 0 Å². The molecule has 0 saturated heterocycles. The maximum Gasteiger partial charge on any atom is 0.242 e. The molecule has 1 aliphatic rings. The predicted octanol–water partition coefficient (Wildman–Crippen LogP) is 2.03. The second-order valence-corrected chi connectivity index (χ2v) is 6.84. The molecular weight excluding hydrogens is 291 g/mol. The van der Waals surface area contributed by atoms with E-state index in [0.29, 0.717) is 0 Å². The summed E-state index contributed by atoms with van der Waals surface area (Å²) in [4.78, 5) is -0.213. The van der Waals surface area contributed by atoms with Gasteiger partial charge in [-0.25, -0.2) is 17.5 Å². The summed E-state index contributed by atoms with van der Waals surface area (Å²) in [7, 11) is -3.80. The Balaban J connectivity index is 1.75. The molecule has 2 aromatic carbocycles. The van der Waals surface area contributed by atoms with Crippen molar-refractivity contribution in [2.45, 2.75) is 17.2 Å². The van der Waals surface area contributed by atoms with Gasteiger partial charge in [0, 0.05) is 12.5 Å². The van der Waals surface area contributed by atoms with Crippen LogP contribution in [0.3, 0.4) is 0 Å². The molecule has 0 amide bonds. The number of hydrogen-bond acceptors (Lipinski definition) is 3. The summed E-state index contributed by atoms with van der Waals surface area (Å²) in [6.07, 6.45) is 0.845. The van der Waals surface area contributed by atoms with Gasteiger partial charge in [0.2, 0.25) is 10.0 Å². The largest absolute Gasteiger partial charge is 0.395 e. The molecule has 0 saturated carbocycles. The quantitative estimate of drug-likeness (QED) is 0.849. The Bertz CT molecular complexity index is 790. The average Bonchev–Trinajstić information content (AvgIpc) is 2.42. The van der Waals surface area contributed by atoms with Crippen LogP contribution in [0.5, 0.6) is 0 Å². The first-order valence-corrected chi connectivity index (χ1v) is 8.09. The molecule has 0 heterocycles.